The number of rotatable bonds is 4. The molecule has 202 valence electrons. The van der Waals surface area contributed by atoms with Crippen LogP contribution in [-0.4, -0.2) is 47.9 Å². The Morgan fingerprint density at radius 3 is 2.38 bits per heavy atom. The van der Waals surface area contributed by atoms with Crippen molar-refractivity contribution < 1.29 is 9.59 Å². The van der Waals surface area contributed by atoms with E-state index < -0.39 is 0 Å². The van der Waals surface area contributed by atoms with Gasteiger partial charge in [0.2, 0.25) is 0 Å². The maximum absolute atomic E-state index is 13.5. The Balaban J connectivity index is 1.08. The van der Waals surface area contributed by atoms with Crippen LogP contribution in [0.15, 0.2) is 60.9 Å². The number of aryl methyl sites for hydroxylation is 1. The Morgan fingerprint density at radius 2 is 1.64 bits per heavy atom. The normalized spacial score (nSPS) is 20.1. The molecule has 2 aliphatic heterocycles. The van der Waals surface area contributed by atoms with Crippen LogP contribution in [0.3, 0.4) is 0 Å². The summed E-state index contributed by atoms with van der Waals surface area (Å²) in [6.07, 6.45) is 9.78. The second-order valence-electron chi connectivity index (χ2n) is 11.1. The average molecular weight is 564 g/mol. The average Bonchev–Trinajstić information content (AvgIpc) is 3.37. The molecule has 39 heavy (non-hydrogen) atoms. The summed E-state index contributed by atoms with van der Waals surface area (Å²) in [6.45, 7) is 3.68. The predicted molar refractivity (Wildman–Crippen MR) is 155 cm³/mol. The van der Waals surface area contributed by atoms with Crippen LogP contribution in [0, 0.1) is 5.41 Å². The zero-order valence-electron chi connectivity index (χ0n) is 21.8. The molecule has 3 aromatic rings. The lowest BCUT2D eigenvalue weighted by atomic mass is 9.71. The van der Waals surface area contributed by atoms with Crippen LogP contribution in [0.5, 0.6) is 0 Å². The molecule has 1 aliphatic carbocycles. The van der Waals surface area contributed by atoms with Crippen LogP contribution in [0.2, 0.25) is 10.0 Å². The molecule has 0 radical (unpaired) electrons. The van der Waals surface area contributed by atoms with Crippen molar-refractivity contribution in [1.82, 2.24) is 15.2 Å². The summed E-state index contributed by atoms with van der Waals surface area (Å²) in [5, 5.41) is 3.71. The van der Waals surface area contributed by atoms with Crippen molar-refractivity contribution in [1.29, 1.82) is 0 Å². The summed E-state index contributed by atoms with van der Waals surface area (Å²) < 4.78 is 0. The summed E-state index contributed by atoms with van der Waals surface area (Å²) >= 11 is 12.4. The first-order valence-corrected chi connectivity index (χ1v) is 14.5. The number of nitrogens with zero attached hydrogens (tertiary/aromatic N) is 3. The topological polar surface area (TPSA) is 65.5 Å². The fourth-order valence-corrected chi connectivity index (χ4v) is 6.85. The highest BCUT2D eigenvalue weighted by Crippen LogP contribution is 2.42. The number of halogens is 2. The number of likely N-dealkylation sites (tertiary alicyclic amines) is 1. The van der Waals surface area contributed by atoms with Crippen molar-refractivity contribution in [2.45, 2.75) is 44.6 Å². The third kappa shape index (κ3) is 5.24. The molecule has 6 rings (SSSR count). The van der Waals surface area contributed by atoms with E-state index in [0.29, 0.717) is 21.6 Å². The molecule has 2 amide bonds. The SMILES string of the molecule is O=C(NC1CCc2ccc(C(=O)N3CCC4(CC3)CCN(c3ccncc3)CC4)cc21)c1cccc(Cl)c1Cl. The Hall–Kier alpha value is -3.09. The molecule has 0 bridgehead atoms. The molecule has 8 heteroatoms. The maximum Gasteiger partial charge on any atom is 0.253 e. The Labute approximate surface area is 239 Å². The van der Waals surface area contributed by atoms with E-state index in [1.165, 1.54) is 11.3 Å². The van der Waals surface area contributed by atoms with E-state index in [-0.39, 0.29) is 22.9 Å². The molecule has 6 nitrogen and oxygen atoms in total. The summed E-state index contributed by atoms with van der Waals surface area (Å²) in [4.78, 5) is 35.1. The van der Waals surface area contributed by atoms with Crippen molar-refractivity contribution in [3.8, 4) is 0 Å². The number of hydrogen-bond acceptors (Lipinski definition) is 4. The highest BCUT2D eigenvalue weighted by Gasteiger charge is 2.39. The van der Waals surface area contributed by atoms with Crippen molar-refractivity contribution >= 4 is 40.7 Å². The number of fused-ring (bicyclic) bond motifs is 1. The lowest BCUT2D eigenvalue weighted by molar-refractivity contribution is 0.0515. The highest BCUT2D eigenvalue weighted by molar-refractivity contribution is 6.43. The standard InChI is InChI=1S/C31H32Cl2N4O2/c32-26-3-1-2-24(28(26)33)29(38)35-27-7-6-21-4-5-22(20-25(21)27)30(39)37-18-12-31(13-19-37)10-16-36(17-11-31)23-8-14-34-15-9-23/h1-5,8-9,14-15,20,27H,6-7,10-13,16-19H2,(H,35,38). The van der Waals surface area contributed by atoms with E-state index in [1.54, 1.807) is 18.2 Å². The number of anilines is 1. The van der Waals surface area contributed by atoms with Crippen molar-refractivity contribution in [2.75, 3.05) is 31.1 Å². The largest absolute Gasteiger partial charge is 0.371 e. The summed E-state index contributed by atoms with van der Waals surface area (Å²) in [7, 11) is 0. The Bertz CT molecular complexity index is 1380. The number of aromatic nitrogens is 1. The van der Waals surface area contributed by atoms with Crippen LogP contribution in [0.25, 0.3) is 0 Å². The van der Waals surface area contributed by atoms with Crippen LogP contribution < -0.4 is 10.2 Å². The predicted octanol–water partition coefficient (Wildman–Crippen LogP) is 6.33. The van der Waals surface area contributed by atoms with Gasteiger partial charge < -0.3 is 15.1 Å². The van der Waals surface area contributed by atoms with E-state index in [1.807, 2.05) is 35.5 Å². The molecule has 3 heterocycles. The smallest absolute Gasteiger partial charge is 0.253 e. The van der Waals surface area contributed by atoms with Gasteiger partial charge in [0.1, 0.15) is 0 Å². The minimum Gasteiger partial charge on any atom is -0.371 e. The number of amides is 2. The Kier molecular flexibility index (Phi) is 7.25. The molecule has 0 saturated carbocycles. The van der Waals surface area contributed by atoms with Crippen LogP contribution >= 0.6 is 23.2 Å². The van der Waals surface area contributed by atoms with Gasteiger partial charge >= 0.3 is 0 Å². The molecule has 1 atom stereocenters. The minimum atomic E-state index is -0.256. The van der Waals surface area contributed by atoms with Crippen molar-refractivity contribution in [3.05, 3.63) is 93.2 Å². The number of benzene rings is 2. The monoisotopic (exact) mass is 562 g/mol. The molecule has 3 aliphatic rings. The number of carbonyl (C=O) groups excluding carboxylic acids is 2. The summed E-state index contributed by atoms with van der Waals surface area (Å²) in [5.74, 6) is -0.176. The number of carbonyl (C=O) groups is 2. The lowest BCUT2D eigenvalue weighted by Gasteiger charge is -2.47. The van der Waals surface area contributed by atoms with Gasteiger partial charge in [-0.2, -0.15) is 0 Å². The number of pyridine rings is 1. The van der Waals surface area contributed by atoms with Crippen LogP contribution in [0.1, 0.15) is 70.0 Å². The quantitative estimate of drug-likeness (QED) is 0.403. The summed E-state index contributed by atoms with van der Waals surface area (Å²) in [5.41, 5.74) is 4.82. The number of piperidine rings is 2. The van der Waals surface area contributed by atoms with Gasteiger partial charge in [0.25, 0.3) is 11.8 Å². The van der Waals surface area contributed by atoms with Crippen molar-refractivity contribution in [3.63, 3.8) is 0 Å². The first-order chi connectivity index (χ1) is 18.9. The molecule has 1 spiro atoms. The lowest BCUT2D eigenvalue weighted by Crippen LogP contribution is -2.48. The fraction of sp³-hybridized carbons (Fsp3) is 0.387. The second-order valence-corrected chi connectivity index (χ2v) is 11.8. The molecule has 1 N–H and O–H groups in total. The van der Waals surface area contributed by atoms with E-state index in [4.69, 9.17) is 23.2 Å². The summed E-state index contributed by atoms with van der Waals surface area (Å²) in [6, 6.07) is 15.0. The fourth-order valence-electron chi connectivity index (χ4n) is 6.46. The molecule has 2 fully saturated rings. The number of hydrogen-bond donors (Lipinski definition) is 1. The molecular formula is C31H32Cl2N4O2. The third-order valence-corrected chi connectivity index (χ3v) is 9.75. The van der Waals surface area contributed by atoms with Gasteiger partial charge in [-0.15, -0.1) is 0 Å². The van der Waals surface area contributed by atoms with E-state index in [2.05, 4.69) is 27.3 Å². The van der Waals surface area contributed by atoms with Gasteiger partial charge in [0.05, 0.1) is 21.7 Å². The van der Waals surface area contributed by atoms with Gasteiger partial charge in [-0.25, -0.2) is 0 Å². The van der Waals surface area contributed by atoms with Gasteiger partial charge in [0.15, 0.2) is 0 Å². The third-order valence-electron chi connectivity index (χ3n) is 8.94. The van der Waals surface area contributed by atoms with Gasteiger partial charge in [-0.05, 0) is 91.5 Å². The first kappa shape index (κ1) is 26.1. The molecule has 1 unspecified atom stereocenters. The molecule has 2 saturated heterocycles. The molecule has 1 aromatic heterocycles. The van der Waals surface area contributed by atoms with Crippen LogP contribution in [-0.2, 0) is 6.42 Å². The molecule has 2 aromatic carbocycles. The zero-order valence-corrected chi connectivity index (χ0v) is 23.3. The Morgan fingerprint density at radius 1 is 0.923 bits per heavy atom. The van der Waals surface area contributed by atoms with E-state index >= 15 is 0 Å². The van der Waals surface area contributed by atoms with E-state index in [9.17, 15) is 9.59 Å². The van der Waals surface area contributed by atoms with E-state index in [0.717, 1.165) is 70.3 Å². The van der Waals surface area contributed by atoms with Gasteiger partial charge in [-0.3, -0.25) is 14.6 Å². The number of nitrogens with one attached hydrogen (secondary N) is 1. The molecular weight excluding hydrogens is 531 g/mol. The second kappa shape index (κ2) is 10.8. The maximum atomic E-state index is 13.5. The van der Waals surface area contributed by atoms with Crippen LogP contribution in [0.4, 0.5) is 5.69 Å². The van der Waals surface area contributed by atoms with Crippen molar-refractivity contribution in [2.24, 2.45) is 5.41 Å². The first-order valence-electron chi connectivity index (χ1n) is 13.7. The zero-order chi connectivity index (χ0) is 27.0. The van der Waals surface area contributed by atoms with Gasteiger partial charge in [-0.1, -0.05) is 35.3 Å². The highest BCUT2D eigenvalue weighted by atomic mass is 35.5. The van der Waals surface area contributed by atoms with Gasteiger partial charge in [0, 0.05) is 49.8 Å². The minimum absolute atomic E-state index is 0.0803.